The standard InChI is InChI=1S/C18H19F3N4O2/c1-2-23-16(26)13-7-5-6-12(10-13)11-24-17(22)25-14-8-3-4-9-15(14)27-18(19,20)21/h3-10H,2,11H2,1H3,(H,23,26)(H3,22,24,25). The summed E-state index contributed by atoms with van der Waals surface area (Å²) in [7, 11) is 0. The highest BCUT2D eigenvalue weighted by atomic mass is 19.4. The molecule has 0 aromatic heterocycles. The third-order valence-electron chi connectivity index (χ3n) is 3.33. The largest absolute Gasteiger partial charge is 0.573 e. The monoisotopic (exact) mass is 380 g/mol. The minimum atomic E-state index is -4.82. The molecule has 0 unspecified atom stereocenters. The van der Waals surface area contributed by atoms with E-state index in [2.05, 4.69) is 20.4 Å². The first-order valence-electron chi connectivity index (χ1n) is 8.07. The van der Waals surface area contributed by atoms with E-state index in [1.165, 1.54) is 24.3 Å². The molecule has 0 saturated heterocycles. The Hall–Kier alpha value is -3.23. The van der Waals surface area contributed by atoms with Crippen LogP contribution < -0.4 is 21.1 Å². The highest BCUT2D eigenvalue weighted by Crippen LogP contribution is 2.29. The molecule has 0 heterocycles. The van der Waals surface area contributed by atoms with Crippen molar-refractivity contribution < 1.29 is 22.7 Å². The molecular weight excluding hydrogens is 361 g/mol. The number of guanidine groups is 1. The number of rotatable bonds is 6. The summed E-state index contributed by atoms with van der Waals surface area (Å²) in [6.45, 7) is 2.48. The van der Waals surface area contributed by atoms with Gasteiger partial charge in [0.15, 0.2) is 11.7 Å². The van der Waals surface area contributed by atoms with Gasteiger partial charge in [-0.25, -0.2) is 4.99 Å². The summed E-state index contributed by atoms with van der Waals surface area (Å²) in [4.78, 5) is 15.9. The van der Waals surface area contributed by atoms with Crippen LogP contribution in [0.1, 0.15) is 22.8 Å². The van der Waals surface area contributed by atoms with E-state index < -0.39 is 12.1 Å². The molecule has 6 nitrogen and oxygen atoms in total. The van der Waals surface area contributed by atoms with Gasteiger partial charge in [0.05, 0.1) is 12.2 Å². The molecule has 2 aromatic carbocycles. The van der Waals surface area contributed by atoms with Crippen molar-refractivity contribution in [3.63, 3.8) is 0 Å². The molecule has 27 heavy (non-hydrogen) atoms. The average Bonchev–Trinajstić information content (AvgIpc) is 2.61. The van der Waals surface area contributed by atoms with Crippen LogP contribution in [0.25, 0.3) is 0 Å². The first-order chi connectivity index (χ1) is 12.8. The normalized spacial score (nSPS) is 11.8. The number of nitrogens with two attached hydrogens (primary N) is 1. The van der Waals surface area contributed by atoms with Crippen molar-refractivity contribution in [3.8, 4) is 5.75 Å². The molecule has 0 radical (unpaired) electrons. The third kappa shape index (κ3) is 6.53. The fraction of sp³-hybridized carbons (Fsp3) is 0.222. The van der Waals surface area contributed by atoms with Gasteiger partial charge in [0.1, 0.15) is 0 Å². The van der Waals surface area contributed by atoms with Gasteiger partial charge in [-0.3, -0.25) is 4.79 Å². The topological polar surface area (TPSA) is 88.7 Å². The van der Waals surface area contributed by atoms with E-state index in [1.54, 1.807) is 24.3 Å². The van der Waals surface area contributed by atoms with Crippen LogP contribution in [0.3, 0.4) is 0 Å². The number of amides is 1. The first kappa shape index (κ1) is 20.1. The second-order valence-corrected chi connectivity index (χ2v) is 5.43. The van der Waals surface area contributed by atoms with Gasteiger partial charge in [-0.1, -0.05) is 24.3 Å². The third-order valence-corrected chi connectivity index (χ3v) is 3.33. The summed E-state index contributed by atoms with van der Waals surface area (Å²) in [5.41, 5.74) is 7.00. The minimum absolute atomic E-state index is 0.0344. The van der Waals surface area contributed by atoms with Crippen LogP contribution in [0.15, 0.2) is 53.5 Å². The van der Waals surface area contributed by atoms with Crippen molar-refractivity contribution in [1.82, 2.24) is 5.32 Å². The lowest BCUT2D eigenvalue weighted by Crippen LogP contribution is -2.24. The maximum Gasteiger partial charge on any atom is 0.573 e. The lowest BCUT2D eigenvalue weighted by molar-refractivity contribution is -0.274. The predicted octanol–water partition coefficient (Wildman–Crippen LogP) is 3.26. The number of hydrogen-bond acceptors (Lipinski definition) is 3. The van der Waals surface area contributed by atoms with E-state index in [9.17, 15) is 18.0 Å². The molecule has 144 valence electrons. The zero-order chi connectivity index (χ0) is 19.9. The summed E-state index contributed by atoms with van der Waals surface area (Å²) >= 11 is 0. The van der Waals surface area contributed by atoms with Crippen molar-refractivity contribution in [3.05, 3.63) is 59.7 Å². The summed E-state index contributed by atoms with van der Waals surface area (Å²) in [5.74, 6) is -0.703. The SMILES string of the molecule is CCNC(=O)c1cccc(CN=C(N)Nc2ccccc2OC(F)(F)F)c1. The van der Waals surface area contributed by atoms with Gasteiger partial charge in [0, 0.05) is 12.1 Å². The van der Waals surface area contributed by atoms with Gasteiger partial charge in [0.2, 0.25) is 0 Å². The number of ether oxygens (including phenoxy) is 1. The summed E-state index contributed by atoms with van der Waals surface area (Å²) in [6, 6.07) is 12.3. The molecule has 0 aliphatic carbocycles. The molecular formula is C18H19F3N4O2. The van der Waals surface area contributed by atoms with E-state index in [0.717, 1.165) is 5.56 Å². The fourth-order valence-electron chi connectivity index (χ4n) is 2.21. The summed E-state index contributed by atoms with van der Waals surface area (Å²) in [5, 5.41) is 5.28. The number of aliphatic imine (C=N–C) groups is 1. The maximum absolute atomic E-state index is 12.4. The molecule has 1 amide bonds. The number of anilines is 1. The van der Waals surface area contributed by atoms with Crippen LogP contribution in [-0.2, 0) is 6.54 Å². The van der Waals surface area contributed by atoms with Gasteiger partial charge in [0.25, 0.3) is 5.91 Å². The van der Waals surface area contributed by atoms with E-state index in [0.29, 0.717) is 12.1 Å². The van der Waals surface area contributed by atoms with Crippen LogP contribution in [0.5, 0.6) is 5.75 Å². The Labute approximate surface area is 154 Å². The molecule has 0 aliphatic rings. The minimum Gasteiger partial charge on any atom is -0.404 e. The van der Waals surface area contributed by atoms with Crippen molar-refractivity contribution in [2.45, 2.75) is 19.8 Å². The number of halogens is 3. The van der Waals surface area contributed by atoms with Crippen molar-refractivity contribution >= 4 is 17.6 Å². The molecule has 4 N–H and O–H groups in total. The van der Waals surface area contributed by atoms with Gasteiger partial charge in [-0.2, -0.15) is 0 Å². The number of carbonyl (C=O) groups is 1. The number of alkyl halides is 3. The molecule has 2 rings (SSSR count). The summed E-state index contributed by atoms with van der Waals surface area (Å²) < 4.78 is 41.3. The van der Waals surface area contributed by atoms with E-state index >= 15 is 0 Å². The number of hydrogen-bond donors (Lipinski definition) is 3. The quantitative estimate of drug-likeness (QED) is 0.530. The van der Waals surface area contributed by atoms with Crippen LogP contribution in [0.4, 0.5) is 18.9 Å². The Kier molecular flexibility index (Phi) is 6.64. The highest BCUT2D eigenvalue weighted by molar-refractivity contribution is 5.94. The molecule has 0 saturated carbocycles. The van der Waals surface area contributed by atoms with E-state index in [-0.39, 0.29) is 24.1 Å². The number of para-hydroxylation sites is 2. The van der Waals surface area contributed by atoms with Crippen LogP contribution in [0, 0.1) is 0 Å². The number of benzene rings is 2. The molecule has 9 heteroatoms. The van der Waals surface area contributed by atoms with Crippen molar-refractivity contribution in [1.29, 1.82) is 0 Å². The van der Waals surface area contributed by atoms with Crippen LogP contribution in [0.2, 0.25) is 0 Å². The smallest absolute Gasteiger partial charge is 0.404 e. The number of nitrogens with one attached hydrogen (secondary N) is 2. The Bertz CT molecular complexity index is 822. The zero-order valence-corrected chi connectivity index (χ0v) is 14.5. The average molecular weight is 380 g/mol. The number of nitrogens with zero attached hydrogens (tertiary/aromatic N) is 1. The van der Waals surface area contributed by atoms with Crippen LogP contribution in [-0.4, -0.2) is 24.8 Å². The van der Waals surface area contributed by atoms with Gasteiger partial charge in [-0.05, 0) is 36.8 Å². The van der Waals surface area contributed by atoms with E-state index in [4.69, 9.17) is 5.73 Å². The predicted molar refractivity (Wildman–Crippen MR) is 96.5 cm³/mol. The van der Waals surface area contributed by atoms with Gasteiger partial charge >= 0.3 is 6.36 Å². The second-order valence-electron chi connectivity index (χ2n) is 5.43. The van der Waals surface area contributed by atoms with Gasteiger partial charge in [-0.15, -0.1) is 13.2 Å². The molecule has 2 aromatic rings. The Morgan fingerprint density at radius 1 is 1.19 bits per heavy atom. The lowest BCUT2D eigenvalue weighted by atomic mass is 10.1. The molecule has 0 bridgehead atoms. The van der Waals surface area contributed by atoms with Crippen LogP contribution >= 0.6 is 0 Å². The highest BCUT2D eigenvalue weighted by Gasteiger charge is 2.32. The Morgan fingerprint density at radius 2 is 1.93 bits per heavy atom. The Morgan fingerprint density at radius 3 is 2.63 bits per heavy atom. The van der Waals surface area contributed by atoms with Crippen molar-refractivity contribution in [2.75, 3.05) is 11.9 Å². The molecule has 0 aliphatic heterocycles. The zero-order valence-electron chi connectivity index (χ0n) is 14.5. The molecule has 0 atom stereocenters. The molecule has 0 fully saturated rings. The van der Waals surface area contributed by atoms with E-state index in [1.807, 2.05) is 6.92 Å². The maximum atomic E-state index is 12.4. The lowest BCUT2D eigenvalue weighted by Gasteiger charge is -2.14. The summed E-state index contributed by atoms with van der Waals surface area (Å²) in [6.07, 6.45) is -4.82. The van der Waals surface area contributed by atoms with Crippen molar-refractivity contribution in [2.24, 2.45) is 10.7 Å². The molecule has 0 spiro atoms. The first-order valence-corrected chi connectivity index (χ1v) is 8.07. The number of carbonyl (C=O) groups excluding carboxylic acids is 1. The second kappa shape index (κ2) is 8.93. The Balaban J connectivity index is 2.07. The fourth-order valence-corrected chi connectivity index (χ4v) is 2.21. The van der Waals surface area contributed by atoms with Gasteiger partial charge < -0.3 is 21.1 Å².